The van der Waals surface area contributed by atoms with Gasteiger partial charge >= 0.3 is 0 Å². The monoisotopic (exact) mass is 366 g/mol. The van der Waals surface area contributed by atoms with E-state index in [0.717, 1.165) is 9.86 Å². The summed E-state index contributed by atoms with van der Waals surface area (Å²) in [7, 11) is 0. The van der Waals surface area contributed by atoms with Gasteiger partial charge in [-0.05, 0) is 45.8 Å². The second-order valence-corrected chi connectivity index (χ2v) is 5.90. The Balaban J connectivity index is 1.92. The van der Waals surface area contributed by atoms with Gasteiger partial charge in [-0.1, -0.05) is 29.8 Å². The third-order valence-electron chi connectivity index (χ3n) is 3.14. The quantitative estimate of drug-likeness (QED) is 0.579. The number of rotatable bonds is 3. The molecule has 0 saturated heterocycles. The van der Waals surface area contributed by atoms with E-state index in [1.165, 1.54) is 12.1 Å². The molecule has 0 aliphatic rings. The van der Waals surface area contributed by atoms with Crippen LogP contribution in [0.15, 0.2) is 51.4 Å². The van der Waals surface area contributed by atoms with Crippen LogP contribution in [0.2, 0.25) is 5.02 Å². The number of para-hydroxylation sites is 1. The van der Waals surface area contributed by atoms with E-state index in [9.17, 15) is 9.18 Å². The number of carbonyl (C=O) groups is 1. The van der Waals surface area contributed by atoms with Gasteiger partial charge in [0.2, 0.25) is 5.78 Å². The fourth-order valence-electron chi connectivity index (χ4n) is 2.09. The van der Waals surface area contributed by atoms with Crippen LogP contribution in [0.25, 0.3) is 11.0 Å². The Hall–Kier alpha value is -1.65. The molecule has 0 radical (unpaired) electrons. The molecule has 3 aromatic rings. The van der Waals surface area contributed by atoms with Crippen LogP contribution in [-0.2, 0) is 6.42 Å². The van der Waals surface area contributed by atoms with Crippen molar-refractivity contribution >= 4 is 44.3 Å². The Morgan fingerprint density at radius 3 is 2.76 bits per heavy atom. The number of Topliss-reactive ketones (excluding diaryl/α,β-unsaturated/α-hetero) is 1. The maximum atomic E-state index is 13.7. The zero-order chi connectivity index (χ0) is 15.0. The zero-order valence-electron chi connectivity index (χ0n) is 10.7. The molecule has 2 nitrogen and oxygen atoms in total. The first-order valence-electron chi connectivity index (χ1n) is 6.20. The van der Waals surface area contributed by atoms with Gasteiger partial charge in [0.05, 0.1) is 4.47 Å². The lowest BCUT2D eigenvalue weighted by Gasteiger charge is -2.01. The summed E-state index contributed by atoms with van der Waals surface area (Å²) in [5.74, 6) is -0.557. The number of carbonyl (C=O) groups excluding carboxylic acids is 1. The first-order chi connectivity index (χ1) is 10.0. The molecule has 0 spiro atoms. The Morgan fingerprint density at radius 2 is 2.05 bits per heavy atom. The molecule has 0 aliphatic heterocycles. The molecule has 0 aliphatic carbocycles. The molecule has 0 saturated carbocycles. The second kappa shape index (κ2) is 5.62. The molecule has 1 heterocycles. The fourth-order valence-corrected chi connectivity index (χ4v) is 2.71. The molecule has 0 bridgehead atoms. The Labute approximate surface area is 133 Å². The molecular weight excluding hydrogens is 359 g/mol. The molecule has 0 N–H and O–H groups in total. The molecule has 0 unspecified atom stereocenters. The summed E-state index contributed by atoms with van der Waals surface area (Å²) < 4.78 is 20.0. The van der Waals surface area contributed by atoms with E-state index >= 15 is 0 Å². The van der Waals surface area contributed by atoms with E-state index in [0.29, 0.717) is 16.2 Å². The topological polar surface area (TPSA) is 30.2 Å². The molecule has 21 heavy (non-hydrogen) atoms. The Bertz CT molecular complexity index is 841. The van der Waals surface area contributed by atoms with Crippen LogP contribution in [0.5, 0.6) is 0 Å². The number of ketones is 1. The van der Waals surface area contributed by atoms with Gasteiger partial charge in [0.15, 0.2) is 5.76 Å². The maximum Gasteiger partial charge on any atom is 0.202 e. The highest BCUT2D eigenvalue weighted by Crippen LogP contribution is 2.27. The van der Waals surface area contributed by atoms with Crippen molar-refractivity contribution in [2.45, 2.75) is 6.42 Å². The number of fused-ring (bicyclic) bond motifs is 1. The van der Waals surface area contributed by atoms with Gasteiger partial charge in [-0.15, -0.1) is 0 Å². The van der Waals surface area contributed by atoms with Crippen molar-refractivity contribution in [2.75, 3.05) is 0 Å². The third kappa shape index (κ3) is 2.87. The Kier molecular flexibility index (Phi) is 3.83. The molecule has 2 aromatic carbocycles. The maximum absolute atomic E-state index is 13.7. The van der Waals surface area contributed by atoms with Crippen LogP contribution in [-0.4, -0.2) is 5.78 Å². The average Bonchev–Trinajstić information content (AvgIpc) is 2.87. The molecule has 1 aromatic heterocycles. The summed E-state index contributed by atoms with van der Waals surface area (Å²) >= 11 is 9.06. The zero-order valence-corrected chi connectivity index (χ0v) is 13.0. The van der Waals surface area contributed by atoms with Crippen LogP contribution < -0.4 is 0 Å². The first-order valence-corrected chi connectivity index (χ1v) is 7.37. The van der Waals surface area contributed by atoms with Gasteiger partial charge in [0.25, 0.3) is 0 Å². The van der Waals surface area contributed by atoms with E-state index in [4.69, 9.17) is 16.0 Å². The van der Waals surface area contributed by atoms with Crippen LogP contribution in [0.1, 0.15) is 16.1 Å². The highest BCUT2D eigenvalue weighted by Gasteiger charge is 2.16. The number of hydrogen-bond donors (Lipinski definition) is 0. The summed E-state index contributed by atoms with van der Waals surface area (Å²) in [6, 6.07) is 11.5. The van der Waals surface area contributed by atoms with Crippen molar-refractivity contribution in [3.05, 3.63) is 69.1 Å². The first kappa shape index (κ1) is 14.3. The number of benzene rings is 2. The van der Waals surface area contributed by atoms with Crippen LogP contribution in [0.3, 0.4) is 0 Å². The van der Waals surface area contributed by atoms with E-state index in [-0.39, 0.29) is 18.0 Å². The lowest BCUT2D eigenvalue weighted by Crippen LogP contribution is -2.03. The van der Waals surface area contributed by atoms with Crippen molar-refractivity contribution in [1.29, 1.82) is 0 Å². The van der Waals surface area contributed by atoms with Gasteiger partial charge in [0.1, 0.15) is 11.4 Å². The molecule has 0 fully saturated rings. The lowest BCUT2D eigenvalue weighted by atomic mass is 10.1. The van der Waals surface area contributed by atoms with E-state index in [1.807, 2.05) is 18.2 Å². The highest BCUT2D eigenvalue weighted by atomic mass is 79.9. The number of furan rings is 1. The van der Waals surface area contributed by atoms with Crippen molar-refractivity contribution in [1.82, 2.24) is 0 Å². The predicted molar refractivity (Wildman–Crippen MR) is 83.4 cm³/mol. The molecule has 0 atom stereocenters. The summed E-state index contributed by atoms with van der Waals surface area (Å²) in [6.07, 6.45) is -0.0690. The van der Waals surface area contributed by atoms with Crippen LogP contribution in [0.4, 0.5) is 4.39 Å². The summed E-state index contributed by atoms with van der Waals surface area (Å²) in [5, 5.41) is 1.13. The van der Waals surface area contributed by atoms with Crippen molar-refractivity contribution in [2.24, 2.45) is 0 Å². The van der Waals surface area contributed by atoms with Gasteiger partial charge < -0.3 is 4.42 Å². The summed E-state index contributed by atoms with van der Waals surface area (Å²) in [5.41, 5.74) is 0.904. The van der Waals surface area contributed by atoms with E-state index in [2.05, 4.69) is 15.9 Å². The largest absolute Gasteiger partial charge is 0.452 e. The molecule has 106 valence electrons. The van der Waals surface area contributed by atoms with Crippen LogP contribution >= 0.6 is 27.5 Å². The van der Waals surface area contributed by atoms with E-state index < -0.39 is 5.82 Å². The summed E-state index contributed by atoms with van der Waals surface area (Å²) in [4.78, 5) is 12.2. The summed E-state index contributed by atoms with van der Waals surface area (Å²) in [6.45, 7) is 0. The average molecular weight is 368 g/mol. The molecule has 3 rings (SSSR count). The van der Waals surface area contributed by atoms with Crippen LogP contribution in [0, 0.1) is 5.82 Å². The smallest absolute Gasteiger partial charge is 0.202 e. The number of hydrogen-bond acceptors (Lipinski definition) is 2. The minimum absolute atomic E-state index is 0.0690. The highest BCUT2D eigenvalue weighted by molar-refractivity contribution is 9.10. The van der Waals surface area contributed by atoms with Crippen molar-refractivity contribution < 1.29 is 13.6 Å². The minimum atomic E-state index is -0.492. The SMILES string of the molecule is O=C(Cc1ccc(Cl)cc1F)c1cc2cccc(Br)c2o1. The number of halogens is 3. The molecule has 5 heteroatoms. The minimum Gasteiger partial charge on any atom is -0.452 e. The Morgan fingerprint density at radius 1 is 1.24 bits per heavy atom. The molecular formula is C16H9BrClFO2. The van der Waals surface area contributed by atoms with Gasteiger partial charge in [-0.3, -0.25) is 4.79 Å². The van der Waals surface area contributed by atoms with Gasteiger partial charge in [-0.25, -0.2) is 4.39 Å². The van der Waals surface area contributed by atoms with Crippen molar-refractivity contribution in [3.63, 3.8) is 0 Å². The van der Waals surface area contributed by atoms with Gasteiger partial charge in [-0.2, -0.15) is 0 Å². The van der Waals surface area contributed by atoms with E-state index in [1.54, 1.807) is 12.1 Å². The van der Waals surface area contributed by atoms with Crippen molar-refractivity contribution in [3.8, 4) is 0 Å². The predicted octanol–water partition coefficient (Wildman–Crippen LogP) is 5.41. The molecule has 0 amide bonds. The lowest BCUT2D eigenvalue weighted by molar-refractivity contribution is 0.0967. The second-order valence-electron chi connectivity index (χ2n) is 4.60. The standard InChI is InChI=1S/C16H9BrClFO2/c17-12-3-1-2-10-7-15(21-16(10)12)14(20)6-9-4-5-11(18)8-13(9)19/h1-5,7-8H,6H2. The van der Waals surface area contributed by atoms with Gasteiger partial charge in [0, 0.05) is 16.8 Å². The third-order valence-corrected chi connectivity index (χ3v) is 4.00. The fraction of sp³-hybridized carbons (Fsp3) is 0.0625. The normalized spacial score (nSPS) is 11.0.